The van der Waals surface area contributed by atoms with Crippen molar-refractivity contribution in [2.24, 2.45) is 5.92 Å². The summed E-state index contributed by atoms with van der Waals surface area (Å²) in [7, 11) is 2.16. The standard InChI is InChI=1S/C12H22N2O2/c1-13-7-4-11(5-8-13)14-6-2-3-10(9-14)12(15)16/h10-11H,2-9H2,1H3,(H,15,16). The van der Waals surface area contributed by atoms with Gasteiger partial charge in [-0.1, -0.05) is 0 Å². The summed E-state index contributed by atoms with van der Waals surface area (Å²) in [4.78, 5) is 15.8. The molecule has 1 atom stereocenters. The van der Waals surface area contributed by atoms with E-state index in [1.54, 1.807) is 0 Å². The molecule has 2 heterocycles. The van der Waals surface area contributed by atoms with E-state index >= 15 is 0 Å². The minimum atomic E-state index is -0.613. The van der Waals surface area contributed by atoms with Crippen LogP contribution in [0.15, 0.2) is 0 Å². The first-order chi connectivity index (χ1) is 7.66. The molecule has 0 aromatic heterocycles. The highest BCUT2D eigenvalue weighted by atomic mass is 16.4. The van der Waals surface area contributed by atoms with E-state index in [4.69, 9.17) is 5.11 Å². The summed E-state index contributed by atoms with van der Waals surface area (Å²) >= 11 is 0. The number of rotatable bonds is 2. The van der Waals surface area contributed by atoms with Crippen molar-refractivity contribution in [3.05, 3.63) is 0 Å². The number of hydrogen-bond donors (Lipinski definition) is 1. The van der Waals surface area contributed by atoms with Gasteiger partial charge in [0.1, 0.15) is 0 Å². The smallest absolute Gasteiger partial charge is 0.307 e. The summed E-state index contributed by atoms with van der Waals surface area (Å²) in [5.74, 6) is -0.744. The number of carboxylic acid groups (broad SMARTS) is 1. The predicted octanol–water partition coefficient (Wildman–Crippen LogP) is 0.877. The molecule has 0 bridgehead atoms. The molecule has 2 fully saturated rings. The fourth-order valence-electron chi connectivity index (χ4n) is 2.90. The number of aliphatic carboxylic acids is 1. The van der Waals surface area contributed by atoms with Gasteiger partial charge in [0.25, 0.3) is 0 Å². The maximum absolute atomic E-state index is 11.0. The average molecular weight is 226 g/mol. The highest BCUT2D eigenvalue weighted by Gasteiger charge is 2.30. The molecule has 2 aliphatic rings. The molecular formula is C12H22N2O2. The molecule has 0 saturated carbocycles. The van der Waals surface area contributed by atoms with Crippen LogP contribution in [0.25, 0.3) is 0 Å². The predicted molar refractivity (Wildman–Crippen MR) is 62.5 cm³/mol. The van der Waals surface area contributed by atoms with E-state index < -0.39 is 5.97 Å². The Kier molecular flexibility index (Phi) is 3.82. The van der Waals surface area contributed by atoms with Gasteiger partial charge < -0.3 is 10.0 Å². The van der Waals surface area contributed by atoms with Crippen LogP contribution in [0, 0.1) is 5.92 Å². The molecule has 2 aliphatic heterocycles. The van der Waals surface area contributed by atoms with Gasteiger partial charge in [0, 0.05) is 12.6 Å². The van der Waals surface area contributed by atoms with Crippen LogP contribution in [-0.4, -0.2) is 60.1 Å². The van der Waals surface area contributed by atoms with Gasteiger partial charge in [-0.2, -0.15) is 0 Å². The molecule has 0 aromatic rings. The number of piperidine rings is 2. The van der Waals surface area contributed by atoms with Gasteiger partial charge in [0.15, 0.2) is 0 Å². The van der Waals surface area contributed by atoms with Gasteiger partial charge in [-0.25, -0.2) is 0 Å². The van der Waals surface area contributed by atoms with Crippen molar-refractivity contribution in [1.29, 1.82) is 0 Å². The molecule has 4 heteroatoms. The Morgan fingerprint density at radius 3 is 2.50 bits per heavy atom. The maximum atomic E-state index is 11.0. The molecule has 0 amide bonds. The maximum Gasteiger partial charge on any atom is 0.307 e. The molecule has 0 spiro atoms. The van der Waals surface area contributed by atoms with Crippen molar-refractivity contribution in [3.63, 3.8) is 0 Å². The molecule has 0 radical (unpaired) electrons. The topological polar surface area (TPSA) is 43.8 Å². The molecule has 16 heavy (non-hydrogen) atoms. The van der Waals surface area contributed by atoms with E-state index in [0.29, 0.717) is 6.04 Å². The summed E-state index contributed by atoms with van der Waals surface area (Å²) in [6, 6.07) is 0.623. The van der Waals surface area contributed by atoms with Crippen LogP contribution in [0.1, 0.15) is 25.7 Å². The molecular weight excluding hydrogens is 204 g/mol. The van der Waals surface area contributed by atoms with Gasteiger partial charge in [0.05, 0.1) is 5.92 Å². The number of nitrogens with zero attached hydrogens (tertiary/aromatic N) is 2. The van der Waals surface area contributed by atoms with Crippen molar-refractivity contribution in [1.82, 2.24) is 9.80 Å². The molecule has 4 nitrogen and oxygen atoms in total. The van der Waals surface area contributed by atoms with Crippen molar-refractivity contribution >= 4 is 5.97 Å². The molecule has 1 N–H and O–H groups in total. The lowest BCUT2D eigenvalue weighted by molar-refractivity contribution is -0.144. The third-order valence-electron chi connectivity index (χ3n) is 4.01. The van der Waals surface area contributed by atoms with Gasteiger partial charge in [-0.05, 0) is 52.4 Å². The van der Waals surface area contributed by atoms with Gasteiger partial charge in [-0.15, -0.1) is 0 Å². The number of hydrogen-bond acceptors (Lipinski definition) is 3. The summed E-state index contributed by atoms with van der Waals surface area (Å²) in [5.41, 5.74) is 0. The number of carbonyl (C=O) groups is 1. The largest absolute Gasteiger partial charge is 0.481 e. The van der Waals surface area contributed by atoms with Crippen LogP contribution in [-0.2, 0) is 4.79 Å². The van der Waals surface area contributed by atoms with E-state index in [1.807, 2.05) is 0 Å². The summed E-state index contributed by atoms with van der Waals surface area (Å²) in [6.07, 6.45) is 4.30. The first kappa shape index (κ1) is 11.9. The van der Waals surface area contributed by atoms with Crippen LogP contribution in [0.4, 0.5) is 0 Å². The Hall–Kier alpha value is -0.610. The van der Waals surface area contributed by atoms with Gasteiger partial charge in [-0.3, -0.25) is 9.69 Å². The Labute approximate surface area is 97.2 Å². The first-order valence-corrected chi connectivity index (χ1v) is 6.32. The minimum absolute atomic E-state index is 0.131. The highest BCUT2D eigenvalue weighted by molar-refractivity contribution is 5.70. The third-order valence-corrected chi connectivity index (χ3v) is 4.01. The van der Waals surface area contributed by atoms with E-state index in [-0.39, 0.29) is 5.92 Å². The summed E-state index contributed by atoms with van der Waals surface area (Å²) in [5, 5.41) is 9.06. The monoisotopic (exact) mass is 226 g/mol. The van der Waals surface area contributed by atoms with E-state index in [9.17, 15) is 4.79 Å². The van der Waals surface area contributed by atoms with Crippen LogP contribution < -0.4 is 0 Å². The van der Waals surface area contributed by atoms with Gasteiger partial charge in [0.2, 0.25) is 0 Å². The zero-order chi connectivity index (χ0) is 11.5. The highest BCUT2D eigenvalue weighted by Crippen LogP contribution is 2.23. The van der Waals surface area contributed by atoms with Crippen LogP contribution in [0.2, 0.25) is 0 Å². The molecule has 2 rings (SSSR count). The lowest BCUT2D eigenvalue weighted by atomic mass is 9.94. The van der Waals surface area contributed by atoms with Crippen molar-refractivity contribution in [2.75, 3.05) is 33.2 Å². The summed E-state index contributed by atoms with van der Waals surface area (Å²) < 4.78 is 0. The average Bonchev–Trinajstić information content (AvgIpc) is 2.30. The van der Waals surface area contributed by atoms with E-state index in [1.165, 1.54) is 12.8 Å². The fourth-order valence-corrected chi connectivity index (χ4v) is 2.90. The van der Waals surface area contributed by atoms with Gasteiger partial charge >= 0.3 is 5.97 Å². The van der Waals surface area contributed by atoms with Crippen molar-refractivity contribution < 1.29 is 9.90 Å². The number of likely N-dealkylation sites (tertiary alicyclic amines) is 2. The molecule has 92 valence electrons. The van der Waals surface area contributed by atoms with E-state index in [0.717, 1.165) is 39.0 Å². The molecule has 2 saturated heterocycles. The Balaban J connectivity index is 1.87. The normalized spacial score (nSPS) is 30.4. The van der Waals surface area contributed by atoms with Crippen molar-refractivity contribution in [2.45, 2.75) is 31.7 Å². The molecule has 0 aromatic carbocycles. The Bertz CT molecular complexity index is 249. The fraction of sp³-hybridized carbons (Fsp3) is 0.917. The summed E-state index contributed by atoms with van der Waals surface area (Å²) in [6.45, 7) is 4.17. The second kappa shape index (κ2) is 5.15. The van der Waals surface area contributed by atoms with Crippen LogP contribution in [0.3, 0.4) is 0 Å². The molecule has 1 unspecified atom stereocenters. The first-order valence-electron chi connectivity index (χ1n) is 6.32. The van der Waals surface area contributed by atoms with Crippen molar-refractivity contribution in [3.8, 4) is 0 Å². The zero-order valence-electron chi connectivity index (χ0n) is 10.1. The minimum Gasteiger partial charge on any atom is -0.481 e. The second-order valence-corrected chi connectivity index (χ2v) is 5.21. The second-order valence-electron chi connectivity index (χ2n) is 5.21. The number of carboxylic acids is 1. The Morgan fingerprint density at radius 2 is 1.88 bits per heavy atom. The molecule has 0 aliphatic carbocycles. The van der Waals surface area contributed by atoms with Crippen LogP contribution >= 0.6 is 0 Å². The SMILES string of the molecule is CN1CCC(N2CCCC(C(=O)O)C2)CC1. The van der Waals surface area contributed by atoms with E-state index in [2.05, 4.69) is 16.8 Å². The third kappa shape index (κ3) is 2.74. The Morgan fingerprint density at radius 1 is 1.19 bits per heavy atom. The lowest BCUT2D eigenvalue weighted by Crippen LogP contribution is -2.48. The lowest BCUT2D eigenvalue weighted by Gasteiger charge is -2.40. The van der Waals surface area contributed by atoms with Crippen LogP contribution in [0.5, 0.6) is 0 Å². The zero-order valence-corrected chi connectivity index (χ0v) is 10.1. The quantitative estimate of drug-likeness (QED) is 0.759.